The van der Waals surface area contributed by atoms with Gasteiger partial charge >= 0.3 is 12.3 Å². The van der Waals surface area contributed by atoms with Gasteiger partial charge < -0.3 is 19.3 Å². The first-order chi connectivity index (χ1) is 21.4. The van der Waals surface area contributed by atoms with E-state index in [0.717, 1.165) is 10.9 Å². The number of carbonyl (C=O) groups is 2. The number of halogens is 3. The average Bonchev–Trinajstić information content (AvgIpc) is 2.96. The van der Waals surface area contributed by atoms with E-state index in [2.05, 4.69) is 29.7 Å². The molecule has 2 aromatic heterocycles. The van der Waals surface area contributed by atoms with Crippen LogP contribution in [0.5, 0.6) is 0 Å². The molecule has 1 aliphatic rings. The van der Waals surface area contributed by atoms with Gasteiger partial charge in [0, 0.05) is 66.1 Å². The molecule has 1 aliphatic heterocycles. The topological polar surface area (TPSA) is 134 Å². The largest absolute Gasteiger partial charge is 0.443 e. The van der Waals surface area contributed by atoms with Crippen LogP contribution in [-0.4, -0.2) is 84.7 Å². The summed E-state index contributed by atoms with van der Waals surface area (Å²) in [7, 11) is -1.50. The molecule has 1 saturated heterocycles. The summed E-state index contributed by atoms with van der Waals surface area (Å²) in [6.07, 6.45) is -4.37. The first-order valence-electron chi connectivity index (χ1n) is 15.0. The Bertz CT molecular complexity index is 1460. The lowest BCUT2D eigenvalue weighted by Gasteiger charge is -2.35. The van der Waals surface area contributed by atoms with Crippen molar-refractivity contribution in [3.8, 4) is 6.07 Å². The fraction of sp³-hybridized carbons (Fsp3) is 0.600. The van der Waals surface area contributed by atoms with Crippen LogP contribution in [0.1, 0.15) is 44.7 Å². The molecule has 0 unspecified atom stereocenters. The molecule has 46 heavy (non-hydrogen) atoms. The van der Waals surface area contributed by atoms with E-state index in [9.17, 15) is 27.6 Å². The third kappa shape index (κ3) is 10.8. The maximum absolute atomic E-state index is 13.9. The van der Waals surface area contributed by atoms with Crippen LogP contribution in [0.2, 0.25) is 25.7 Å². The summed E-state index contributed by atoms with van der Waals surface area (Å²) in [4.78, 5) is 47.9. The van der Waals surface area contributed by atoms with Crippen LogP contribution < -0.4 is 15.4 Å². The zero-order chi connectivity index (χ0) is 34.3. The van der Waals surface area contributed by atoms with E-state index < -0.39 is 49.6 Å². The molecule has 0 radical (unpaired) electrons. The molecule has 2 amide bonds. The van der Waals surface area contributed by atoms with Gasteiger partial charge in [-0.2, -0.15) is 18.4 Å². The summed E-state index contributed by atoms with van der Waals surface area (Å²) in [5.74, 6) is 0.0832. The Balaban J connectivity index is 1.74. The number of hydrogen-bond acceptors (Lipinski definition) is 9. The van der Waals surface area contributed by atoms with Crippen LogP contribution in [0, 0.1) is 11.3 Å². The normalized spacial score (nSPS) is 14.2. The number of nitrogens with zero attached hydrogens (tertiary/aromatic N) is 7. The van der Waals surface area contributed by atoms with Crippen molar-refractivity contribution < 1.29 is 32.2 Å². The maximum atomic E-state index is 13.9. The number of hydrogen-bond donors (Lipinski definition) is 0. The number of aromatic nitrogens is 3. The molecular formula is C30H42F3N7O5Si. The number of pyridine rings is 1. The molecule has 3 rings (SSSR count). The van der Waals surface area contributed by atoms with Gasteiger partial charge in [0.15, 0.2) is 5.82 Å². The van der Waals surface area contributed by atoms with Gasteiger partial charge in [-0.15, -0.1) is 5.10 Å². The molecule has 252 valence electrons. The predicted molar refractivity (Wildman–Crippen MR) is 168 cm³/mol. The summed E-state index contributed by atoms with van der Waals surface area (Å²) in [5, 5.41) is 13.0. The van der Waals surface area contributed by atoms with E-state index in [1.807, 2.05) is 11.0 Å². The second-order valence-electron chi connectivity index (χ2n) is 13.2. The van der Waals surface area contributed by atoms with Crippen LogP contribution in [0.3, 0.4) is 0 Å². The van der Waals surface area contributed by atoms with Crippen molar-refractivity contribution in [3.05, 3.63) is 45.9 Å². The molecule has 0 bridgehead atoms. The average molecular weight is 666 g/mol. The molecule has 2 aromatic rings. The van der Waals surface area contributed by atoms with Crippen molar-refractivity contribution in [3.63, 3.8) is 0 Å². The predicted octanol–water partition coefficient (Wildman–Crippen LogP) is 4.71. The number of nitriles is 1. The fourth-order valence-corrected chi connectivity index (χ4v) is 5.22. The highest BCUT2D eigenvalue weighted by molar-refractivity contribution is 6.76. The fourth-order valence-electron chi connectivity index (χ4n) is 4.47. The molecule has 1 fully saturated rings. The number of anilines is 2. The van der Waals surface area contributed by atoms with Gasteiger partial charge in [0.05, 0.1) is 5.56 Å². The van der Waals surface area contributed by atoms with Gasteiger partial charge in [0.2, 0.25) is 5.91 Å². The van der Waals surface area contributed by atoms with Gasteiger partial charge in [-0.05, 0) is 45.4 Å². The summed E-state index contributed by atoms with van der Waals surface area (Å²) >= 11 is 0. The van der Waals surface area contributed by atoms with Crippen molar-refractivity contribution in [2.75, 3.05) is 49.1 Å². The highest BCUT2D eigenvalue weighted by Crippen LogP contribution is 2.29. The van der Waals surface area contributed by atoms with Crippen LogP contribution in [0.4, 0.5) is 29.6 Å². The Morgan fingerprint density at radius 2 is 1.78 bits per heavy atom. The van der Waals surface area contributed by atoms with Crippen molar-refractivity contribution in [2.45, 2.75) is 77.8 Å². The molecular weight excluding hydrogens is 623 g/mol. The van der Waals surface area contributed by atoms with E-state index in [-0.39, 0.29) is 31.9 Å². The molecule has 0 saturated carbocycles. The maximum Gasteiger partial charge on any atom is 0.421 e. The number of ether oxygens (including phenoxy) is 2. The molecule has 16 heteroatoms. The minimum atomic E-state index is -5.01. The SMILES string of the molecule is CC(C)(C)OC(=O)N(CCCC(=O)N1CCN(c2ccc(C#N)cn2)CC1)c1cc(C(F)(F)F)c(=O)n(COCC[Si](C)(C)C)n1. The number of rotatable bonds is 11. The van der Waals surface area contributed by atoms with E-state index in [0.29, 0.717) is 48.3 Å². The summed E-state index contributed by atoms with van der Waals surface area (Å²) in [6.45, 7) is 12.6. The van der Waals surface area contributed by atoms with Crippen LogP contribution >= 0.6 is 0 Å². The van der Waals surface area contributed by atoms with Gasteiger partial charge in [-0.25, -0.2) is 14.5 Å². The first kappa shape index (κ1) is 36.5. The highest BCUT2D eigenvalue weighted by Gasteiger charge is 2.37. The highest BCUT2D eigenvalue weighted by atomic mass is 28.3. The minimum absolute atomic E-state index is 0.0139. The molecule has 0 aromatic carbocycles. The van der Waals surface area contributed by atoms with Crippen LogP contribution in [0.15, 0.2) is 29.2 Å². The standard InChI is InChI=1S/C30H42F3N7O5Si/c1-29(2,3)45-28(43)39(25-18-23(30(31,32)33)27(42)40(36-25)21-44-16-17-46(4,5)6)11-7-8-26(41)38-14-12-37(13-15-38)24-10-9-22(19-34)20-35-24/h9-10,18,20H,7-8,11-17,21H2,1-6H3. The van der Waals surface area contributed by atoms with Crippen molar-refractivity contribution in [2.24, 2.45) is 0 Å². The van der Waals surface area contributed by atoms with Crippen molar-refractivity contribution in [1.82, 2.24) is 19.7 Å². The lowest BCUT2D eigenvalue weighted by Crippen LogP contribution is -2.49. The number of amides is 2. The smallest absolute Gasteiger partial charge is 0.421 e. The van der Waals surface area contributed by atoms with E-state index in [1.165, 1.54) is 6.20 Å². The van der Waals surface area contributed by atoms with Crippen LogP contribution in [-0.2, 0) is 27.2 Å². The Kier molecular flexibility index (Phi) is 12.0. The monoisotopic (exact) mass is 665 g/mol. The quantitative estimate of drug-likeness (QED) is 0.247. The number of carbonyl (C=O) groups excluding carboxylic acids is 2. The Labute approximate surface area is 267 Å². The Morgan fingerprint density at radius 3 is 2.33 bits per heavy atom. The summed E-state index contributed by atoms with van der Waals surface area (Å²) in [6, 6.07) is 6.71. The molecule has 0 spiro atoms. The second kappa shape index (κ2) is 15.1. The zero-order valence-corrected chi connectivity index (χ0v) is 28.2. The molecule has 0 N–H and O–H groups in total. The summed E-state index contributed by atoms with van der Waals surface area (Å²) < 4.78 is 53.4. The lowest BCUT2D eigenvalue weighted by molar-refractivity contribution is -0.139. The molecule has 12 nitrogen and oxygen atoms in total. The van der Waals surface area contributed by atoms with Gasteiger partial charge in [-0.1, -0.05) is 19.6 Å². The molecule has 0 aliphatic carbocycles. The van der Waals surface area contributed by atoms with E-state index >= 15 is 0 Å². The third-order valence-corrected chi connectivity index (χ3v) is 8.68. The Hall–Kier alpha value is -3.97. The minimum Gasteiger partial charge on any atom is -0.443 e. The van der Waals surface area contributed by atoms with Crippen molar-refractivity contribution in [1.29, 1.82) is 5.26 Å². The van der Waals surface area contributed by atoms with E-state index in [4.69, 9.17) is 14.7 Å². The molecule has 3 heterocycles. The third-order valence-electron chi connectivity index (χ3n) is 6.97. The summed E-state index contributed by atoms with van der Waals surface area (Å²) in [5.41, 5.74) is -3.41. The van der Waals surface area contributed by atoms with Crippen molar-refractivity contribution >= 4 is 31.7 Å². The van der Waals surface area contributed by atoms with Gasteiger partial charge in [-0.3, -0.25) is 14.5 Å². The number of piperazine rings is 1. The molecule has 0 atom stereocenters. The second-order valence-corrected chi connectivity index (χ2v) is 18.8. The number of alkyl halides is 3. The van der Waals surface area contributed by atoms with E-state index in [1.54, 1.807) is 37.8 Å². The Morgan fingerprint density at radius 1 is 1.11 bits per heavy atom. The lowest BCUT2D eigenvalue weighted by atomic mass is 10.2. The van der Waals surface area contributed by atoms with Crippen LogP contribution in [0.25, 0.3) is 0 Å². The zero-order valence-electron chi connectivity index (χ0n) is 27.2. The van der Waals surface area contributed by atoms with Gasteiger partial charge in [0.1, 0.15) is 29.8 Å². The van der Waals surface area contributed by atoms with Gasteiger partial charge in [0.25, 0.3) is 5.56 Å². The first-order valence-corrected chi connectivity index (χ1v) is 18.8.